The molecule has 126 valence electrons. The molecule has 4 heteroatoms. The van der Waals surface area contributed by atoms with E-state index >= 15 is 0 Å². The highest BCUT2D eigenvalue weighted by molar-refractivity contribution is 5.72. The van der Waals surface area contributed by atoms with Crippen LogP contribution in [0, 0.1) is 5.92 Å². The number of hydrogen-bond donors (Lipinski definition) is 0. The molecule has 0 amide bonds. The van der Waals surface area contributed by atoms with Crippen LogP contribution in [0.4, 0.5) is 0 Å². The van der Waals surface area contributed by atoms with Crippen molar-refractivity contribution >= 4 is 5.97 Å². The van der Waals surface area contributed by atoms with Crippen LogP contribution in [0.25, 0.3) is 0 Å². The van der Waals surface area contributed by atoms with Gasteiger partial charge < -0.3 is 4.74 Å². The van der Waals surface area contributed by atoms with Gasteiger partial charge in [-0.2, -0.15) is 5.10 Å². The van der Waals surface area contributed by atoms with Crippen molar-refractivity contribution in [3.8, 4) is 0 Å². The van der Waals surface area contributed by atoms with E-state index in [0.29, 0.717) is 18.6 Å². The van der Waals surface area contributed by atoms with Gasteiger partial charge in [0, 0.05) is 12.1 Å². The molecule has 1 fully saturated rings. The summed E-state index contributed by atoms with van der Waals surface area (Å²) in [6, 6.07) is 11.0. The van der Waals surface area contributed by atoms with Crippen molar-refractivity contribution in [1.82, 2.24) is 9.78 Å². The van der Waals surface area contributed by atoms with E-state index in [1.54, 1.807) is 0 Å². The average Bonchev–Trinajstić information content (AvgIpc) is 3.30. The van der Waals surface area contributed by atoms with Gasteiger partial charge in [-0.15, -0.1) is 0 Å². The van der Waals surface area contributed by atoms with Crippen molar-refractivity contribution in [2.24, 2.45) is 5.92 Å². The maximum absolute atomic E-state index is 11.9. The van der Waals surface area contributed by atoms with Crippen LogP contribution < -0.4 is 0 Å². The lowest BCUT2D eigenvalue weighted by atomic mass is 9.97. The van der Waals surface area contributed by atoms with Crippen LogP contribution in [-0.4, -0.2) is 22.4 Å². The maximum Gasteiger partial charge on any atom is 0.308 e. The number of ether oxygens (including phenoxy) is 1. The fourth-order valence-corrected chi connectivity index (χ4v) is 4.24. The first-order valence-electron chi connectivity index (χ1n) is 9.05. The number of carbonyl (C=O) groups is 1. The Kier molecular flexibility index (Phi) is 4.13. The zero-order valence-electron chi connectivity index (χ0n) is 14.1. The molecular formula is C20H24N2O2. The average molecular weight is 324 g/mol. The van der Waals surface area contributed by atoms with E-state index in [-0.39, 0.29) is 11.9 Å². The summed E-state index contributed by atoms with van der Waals surface area (Å²) in [5.74, 6) is 0.422. The third kappa shape index (κ3) is 2.74. The van der Waals surface area contributed by atoms with Gasteiger partial charge in [-0.05, 0) is 50.2 Å². The summed E-state index contributed by atoms with van der Waals surface area (Å²) in [6.45, 7) is 2.33. The fourth-order valence-electron chi connectivity index (χ4n) is 4.24. The molecule has 3 unspecified atom stereocenters. The van der Waals surface area contributed by atoms with Crippen LogP contribution in [0.5, 0.6) is 0 Å². The highest BCUT2D eigenvalue weighted by atomic mass is 16.5. The molecule has 0 N–H and O–H groups in total. The Labute approximate surface area is 142 Å². The summed E-state index contributed by atoms with van der Waals surface area (Å²) in [7, 11) is 0. The number of benzene rings is 1. The summed E-state index contributed by atoms with van der Waals surface area (Å²) in [6.07, 6.45) is 7.25. The monoisotopic (exact) mass is 324 g/mol. The Morgan fingerprint density at radius 3 is 2.88 bits per heavy atom. The Morgan fingerprint density at radius 2 is 2.08 bits per heavy atom. The molecule has 1 saturated carbocycles. The Balaban J connectivity index is 1.51. The van der Waals surface area contributed by atoms with Crippen molar-refractivity contribution in [1.29, 1.82) is 0 Å². The summed E-state index contributed by atoms with van der Waals surface area (Å²) < 4.78 is 7.30. The van der Waals surface area contributed by atoms with E-state index in [2.05, 4.69) is 41.2 Å². The van der Waals surface area contributed by atoms with Gasteiger partial charge in [-0.1, -0.05) is 30.3 Å². The smallest absolute Gasteiger partial charge is 0.308 e. The van der Waals surface area contributed by atoms with E-state index in [1.807, 2.05) is 6.92 Å². The highest BCUT2D eigenvalue weighted by Gasteiger charge is 2.34. The third-order valence-electron chi connectivity index (χ3n) is 5.47. The predicted octanol–water partition coefficient (Wildman–Crippen LogP) is 3.87. The van der Waals surface area contributed by atoms with E-state index in [1.165, 1.54) is 16.8 Å². The summed E-state index contributed by atoms with van der Waals surface area (Å²) in [5, 5.41) is 4.93. The Bertz CT molecular complexity index is 722. The standard InChI is InChI=1S/C20H24N2O2/c1-2-24-20(23)15-8-10-17(12-15)22-13-16-9-11-18(19(16)21-22)14-6-4-3-5-7-14/h3-7,13,15,17-18H,2,8-12H2,1H3. The van der Waals surface area contributed by atoms with Crippen LogP contribution in [-0.2, 0) is 16.0 Å². The second kappa shape index (κ2) is 6.42. The van der Waals surface area contributed by atoms with Crippen LogP contribution >= 0.6 is 0 Å². The molecule has 0 radical (unpaired) electrons. The zero-order valence-corrected chi connectivity index (χ0v) is 14.1. The molecule has 2 aliphatic rings. The summed E-state index contributed by atoms with van der Waals surface area (Å²) >= 11 is 0. The van der Waals surface area contributed by atoms with Gasteiger partial charge in [-0.25, -0.2) is 0 Å². The molecule has 0 aliphatic heterocycles. The minimum absolute atomic E-state index is 0.0399. The van der Waals surface area contributed by atoms with E-state index < -0.39 is 0 Å². The van der Waals surface area contributed by atoms with Gasteiger partial charge in [0.25, 0.3) is 0 Å². The second-order valence-corrected chi connectivity index (χ2v) is 6.94. The number of nitrogens with zero attached hydrogens (tertiary/aromatic N) is 2. The second-order valence-electron chi connectivity index (χ2n) is 6.94. The van der Waals surface area contributed by atoms with Gasteiger partial charge in [0.2, 0.25) is 0 Å². The van der Waals surface area contributed by atoms with E-state index in [4.69, 9.17) is 9.84 Å². The van der Waals surface area contributed by atoms with E-state index in [0.717, 1.165) is 32.1 Å². The quantitative estimate of drug-likeness (QED) is 0.802. The van der Waals surface area contributed by atoms with Gasteiger partial charge >= 0.3 is 5.97 Å². The third-order valence-corrected chi connectivity index (χ3v) is 5.47. The van der Waals surface area contributed by atoms with Gasteiger partial charge in [0.05, 0.1) is 24.3 Å². The van der Waals surface area contributed by atoms with Gasteiger partial charge in [0.15, 0.2) is 0 Å². The number of rotatable bonds is 4. The lowest BCUT2D eigenvalue weighted by molar-refractivity contribution is -0.147. The van der Waals surface area contributed by atoms with Crippen molar-refractivity contribution < 1.29 is 9.53 Å². The number of carbonyl (C=O) groups excluding carboxylic acids is 1. The molecule has 1 aromatic heterocycles. The first-order valence-corrected chi connectivity index (χ1v) is 9.05. The normalized spacial score (nSPS) is 25.6. The number of esters is 1. The topological polar surface area (TPSA) is 44.1 Å². The minimum atomic E-state index is -0.0399. The maximum atomic E-state index is 11.9. The molecule has 0 saturated heterocycles. The van der Waals surface area contributed by atoms with Crippen LogP contribution in [0.1, 0.15) is 61.4 Å². The Hall–Kier alpha value is -2.10. The molecule has 0 bridgehead atoms. The first-order chi connectivity index (χ1) is 11.8. The number of aromatic nitrogens is 2. The summed E-state index contributed by atoms with van der Waals surface area (Å²) in [5.41, 5.74) is 3.97. The van der Waals surface area contributed by atoms with Gasteiger partial charge in [0.1, 0.15) is 0 Å². The molecule has 0 spiro atoms. The Morgan fingerprint density at radius 1 is 1.25 bits per heavy atom. The van der Waals surface area contributed by atoms with Crippen LogP contribution in [0.3, 0.4) is 0 Å². The SMILES string of the molecule is CCOC(=O)C1CCC(n2cc3c(n2)C(c2ccccc2)CC3)C1. The van der Waals surface area contributed by atoms with Crippen molar-refractivity contribution in [2.45, 2.75) is 51.0 Å². The largest absolute Gasteiger partial charge is 0.466 e. The first kappa shape index (κ1) is 15.4. The lowest BCUT2D eigenvalue weighted by Gasteiger charge is -2.13. The molecule has 1 aromatic carbocycles. The molecule has 3 atom stereocenters. The van der Waals surface area contributed by atoms with Crippen molar-refractivity contribution in [2.75, 3.05) is 6.61 Å². The molecule has 4 rings (SSSR count). The van der Waals surface area contributed by atoms with Crippen LogP contribution in [0.2, 0.25) is 0 Å². The molecule has 2 aromatic rings. The molecule has 24 heavy (non-hydrogen) atoms. The fraction of sp³-hybridized carbons (Fsp3) is 0.500. The predicted molar refractivity (Wildman–Crippen MR) is 91.8 cm³/mol. The van der Waals surface area contributed by atoms with Crippen molar-refractivity contribution in [3.05, 3.63) is 53.3 Å². The van der Waals surface area contributed by atoms with Crippen molar-refractivity contribution in [3.63, 3.8) is 0 Å². The molecule has 2 aliphatic carbocycles. The summed E-state index contributed by atoms with van der Waals surface area (Å²) in [4.78, 5) is 11.9. The highest BCUT2D eigenvalue weighted by Crippen LogP contribution is 2.40. The van der Waals surface area contributed by atoms with E-state index in [9.17, 15) is 4.79 Å². The van der Waals surface area contributed by atoms with Crippen LogP contribution in [0.15, 0.2) is 36.5 Å². The number of aryl methyl sites for hydroxylation is 1. The lowest BCUT2D eigenvalue weighted by Crippen LogP contribution is -2.16. The molecule has 4 nitrogen and oxygen atoms in total. The molecule has 1 heterocycles. The zero-order chi connectivity index (χ0) is 16.5. The minimum Gasteiger partial charge on any atom is -0.466 e. The number of fused-ring (bicyclic) bond motifs is 1. The molecular weight excluding hydrogens is 300 g/mol. The van der Waals surface area contributed by atoms with Gasteiger partial charge in [-0.3, -0.25) is 9.48 Å². The number of hydrogen-bond acceptors (Lipinski definition) is 3.